The van der Waals surface area contributed by atoms with Gasteiger partial charge in [-0.1, -0.05) is 6.07 Å². The molecular formula is C11H15ClN2O2S. The first-order valence-electron chi connectivity index (χ1n) is 5.46. The highest BCUT2D eigenvalue weighted by atomic mass is 35.5. The van der Waals surface area contributed by atoms with E-state index in [1.807, 2.05) is 24.1 Å². The summed E-state index contributed by atoms with van der Waals surface area (Å²) in [5, 5.41) is 0. The van der Waals surface area contributed by atoms with Crippen LogP contribution in [0, 0.1) is 0 Å². The van der Waals surface area contributed by atoms with Crippen LogP contribution in [0.2, 0.25) is 0 Å². The Morgan fingerprint density at radius 1 is 1.59 bits per heavy atom. The molecule has 17 heavy (non-hydrogen) atoms. The van der Waals surface area contributed by atoms with Crippen LogP contribution in [0.4, 0.5) is 5.82 Å². The molecule has 1 aromatic rings. The van der Waals surface area contributed by atoms with Gasteiger partial charge in [-0.15, -0.1) is 11.6 Å². The summed E-state index contributed by atoms with van der Waals surface area (Å²) in [7, 11) is -0.992. The molecule has 0 N–H and O–H groups in total. The van der Waals surface area contributed by atoms with E-state index in [-0.39, 0.29) is 17.5 Å². The third kappa shape index (κ3) is 2.72. The predicted octanol–water partition coefficient (Wildman–Crippen LogP) is 1.44. The fourth-order valence-electron chi connectivity index (χ4n) is 2.11. The van der Waals surface area contributed by atoms with Crippen LogP contribution in [0.25, 0.3) is 0 Å². The van der Waals surface area contributed by atoms with Crippen LogP contribution in [0.1, 0.15) is 12.0 Å². The second-order valence-corrected chi connectivity index (χ2v) is 6.78. The number of pyridine rings is 1. The molecule has 0 amide bonds. The minimum Gasteiger partial charge on any atom is -0.355 e. The maximum absolute atomic E-state index is 11.5. The highest BCUT2D eigenvalue weighted by Gasteiger charge is 2.31. The van der Waals surface area contributed by atoms with Crippen LogP contribution in [-0.4, -0.2) is 38.0 Å². The van der Waals surface area contributed by atoms with Gasteiger partial charge in [0, 0.05) is 24.8 Å². The first kappa shape index (κ1) is 12.6. The van der Waals surface area contributed by atoms with Crippen LogP contribution in [0.3, 0.4) is 0 Å². The molecule has 4 nitrogen and oxygen atoms in total. The molecule has 1 atom stereocenters. The minimum atomic E-state index is -2.87. The van der Waals surface area contributed by atoms with Gasteiger partial charge < -0.3 is 4.90 Å². The van der Waals surface area contributed by atoms with Crippen molar-refractivity contribution in [2.75, 3.05) is 23.5 Å². The summed E-state index contributed by atoms with van der Waals surface area (Å²) in [5.41, 5.74) is 0.931. The zero-order chi connectivity index (χ0) is 12.5. The van der Waals surface area contributed by atoms with Crippen molar-refractivity contribution in [1.82, 2.24) is 4.98 Å². The van der Waals surface area contributed by atoms with Gasteiger partial charge in [0.2, 0.25) is 0 Å². The predicted molar refractivity (Wildman–Crippen MR) is 69.3 cm³/mol. The third-order valence-electron chi connectivity index (χ3n) is 3.10. The van der Waals surface area contributed by atoms with Crippen LogP contribution < -0.4 is 4.90 Å². The number of alkyl halides is 1. The summed E-state index contributed by atoms with van der Waals surface area (Å²) in [6, 6.07) is 3.76. The molecule has 0 bridgehead atoms. The van der Waals surface area contributed by atoms with Gasteiger partial charge in [0.05, 0.1) is 17.4 Å². The van der Waals surface area contributed by atoms with Crippen LogP contribution in [-0.2, 0) is 15.7 Å². The highest BCUT2D eigenvalue weighted by molar-refractivity contribution is 7.91. The second-order valence-electron chi connectivity index (χ2n) is 4.29. The molecule has 94 valence electrons. The van der Waals surface area contributed by atoms with Gasteiger partial charge in [-0.25, -0.2) is 13.4 Å². The SMILES string of the molecule is CN(c1ncccc1CCl)C1CCS(=O)(=O)C1. The molecule has 1 aliphatic rings. The number of sulfone groups is 1. The van der Waals surface area contributed by atoms with Gasteiger partial charge in [0.15, 0.2) is 9.84 Å². The molecule has 6 heteroatoms. The van der Waals surface area contributed by atoms with Crippen LogP contribution in [0.5, 0.6) is 0 Å². The molecule has 1 aliphatic heterocycles. The molecular weight excluding hydrogens is 260 g/mol. The van der Waals surface area contributed by atoms with Crippen molar-refractivity contribution in [3.8, 4) is 0 Å². The third-order valence-corrected chi connectivity index (χ3v) is 5.14. The van der Waals surface area contributed by atoms with Crippen molar-refractivity contribution < 1.29 is 8.42 Å². The Labute approximate surface area is 107 Å². The van der Waals surface area contributed by atoms with Crippen LogP contribution >= 0.6 is 11.6 Å². The van der Waals surface area contributed by atoms with Gasteiger partial charge in [-0.05, 0) is 12.5 Å². The number of rotatable bonds is 3. The highest BCUT2D eigenvalue weighted by Crippen LogP contribution is 2.24. The number of anilines is 1. The van der Waals surface area contributed by atoms with E-state index in [1.165, 1.54) is 0 Å². The fraction of sp³-hybridized carbons (Fsp3) is 0.545. The largest absolute Gasteiger partial charge is 0.355 e. The first-order chi connectivity index (χ1) is 8.03. The monoisotopic (exact) mass is 274 g/mol. The van der Waals surface area contributed by atoms with Crippen molar-refractivity contribution in [3.63, 3.8) is 0 Å². The summed E-state index contributed by atoms with van der Waals surface area (Å²) >= 11 is 5.85. The summed E-state index contributed by atoms with van der Waals surface area (Å²) in [6.07, 6.45) is 2.36. The van der Waals surface area contributed by atoms with E-state index >= 15 is 0 Å². The summed E-state index contributed by atoms with van der Waals surface area (Å²) in [4.78, 5) is 6.22. The zero-order valence-corrected chi connectivity index (χ0v) is 11.2. The number of hydrogen-bond donors (Lipinski definition) is 0. The van der Waals surface area contributed by atoms with Gasteiger partial charge in [0.1, 0.15) is 5.82 Å². The van der Waals surface area contributed by atoms with Gasteiger partial charge in [0.25, 0.3) is 0 Å². The zero-order valence-electron chi connectivity index (χ0n) is 9.63. The number of nitrogens with zero attached hydrogens (tertiary/aromatic N) is 2. The number of halogens is 1. The topological polar surface area (TPSA) is 50.3 Å². The van der Waals surface area contributed by atoms with E-state index in [9.17, 15) is 8.42 Å². The molecule has 1 saturated heterocycles. The molecule has 2 heterocycles. The molecule has 0 aliphatic carbocycles. The van der Waals surface area contributed by atoms with Crippen LogP contribution in [0.15, 0.2) is 18.3 Å². The van der Waals surface area contributed by atoms with E-state index in [0.717, 1.165) is 11.4 Å². The molecule has 0 radical (unpaired) electrons. The van der Waals surface area contributed by atoms with E-state index in [1.54, 1.807) is 6.20 Å². The maximum atomic E-state index is 11.5. The first-order valence-corrected chi connectivity index (χ1v) is 7.82. The molecule has 0 saturated carbocycles. The van der Waals surface area contributed by atoms with Gasteiger partial charge in [-0.2, -0.15) is 0 Å². The fourth-order valence-corrected chi connectivity index (χ4v) is 4.09. The average Bonchev–Trinajstić information content (AvgIpc) is 2.68. The lowest BCUT2D eigenvalue weighted by Gasteiger charge is -2.26. The number of aromatic nitrogens is 1. The normalized spacial score (nSPS) is 22.6. The standard InChI is InChI=1S/C11H15ClN2O2S/c1-14(10-4-6-17(15,16)8-10)11-9(7-12)3-2-5-13-11/h2-3,5,10H,4,6-8H2,1H3. The summed E-state index contributed by atoms with van der Waals surface area (Å²) < 4.78 is 22.9. The Hall–Kier alpha value is -0.810. The molecule has 2 rings (SSSR count). The molecule has 1 aromatic heterocycles. The van der Waals surface area contributed by atoms with E-state index in [0.29, 0.717) is 12.3 Å². The Morgan fingerprint density at radius 3 is 2.94 bits per heavy atom. The number of hydrogen-bond acceptors (Lipinski definition) is 4. The minimum absolute atomic E-state index is 0.0110. The maximum Gasteiger partial charge on any atom is 0.152 e. The Morgan fingerprint density at radius 2 is 2.35 bits per heavy atom. The molecule has 0 spiro atoms. The smallest absolute Gasteiger partial charge is 0.152 e. The van der Waals surface area contributed by atoms with Crippen molar-refractivity contribution in [2.24, 2.45) is 0 Å². The van der Waals surface area contributed by atoms with Crippen molar-refractivity contribution in [1.29, 1.82) is 0 Å². The van der Waals surface area contributed by atoms with E-state index in [2.05, 4.69) is 4.98 Å². The quantitative estimate of drug-likeness (QED) is 0.783. The van der Waals surface area contributed by atoms with Crippen molar-refractivity contribution in [3.05, 3.63) is 23.9 Å². The summed E-state index contributed by atoms with van der Waals surface area (Å²) in [6.45, 7) is 0. The second kappa shape index (κ2) is 4.82. The molecule has 0 aromatic carbocycles. The van der Waals surface area contributed by atoms with Gasteiger partial charge in [-0.3, -0.25) is 0 Å². The Kier molecular flexibility index (Phi) is 3.58. The van der Waals surface area contributed by atoms with Crippen molar-refractivity contribution in [2.45, 2.75) is 18.3 Å². The molecule has 1 unspecified atom stereocenters. The van der Waals surface area contributed by atoms with Crippen molar-refractivity contribution >= 4 is 27.3 Å². The lowest BCUT2D eigenvalue weighted by molar-refractivity contribution is 0.600. The Balaban J connectivity index is 2.23. The van der Waals surface area contributed by atoms with E-state index in [4.69, 9.17) is 11.6 Å². The Bertz CT molecular complexity index is 504. The van der Waals surface area contributed by atoms with Gasteiger partial charge >= 0.3 is 0 Å². The van der Waals surface area contributed by atoms with E-state index < -0.39 is 9.84 Å². The molecule has 1 fully saturated rings. The lowest BCUT2D eigenvalue weighted by Crippen LogP contribution is -2.33. The average molecular weight is 275 g/mol. The summed E-state index contributed by atoms with van der Waals surface area (Å²) in [5.74, 6) is 1.64. The lowest BCUT2D eigenvalue weighted by atomic mass is 10.2.